The molecule has 0 N–H and O–H groups in total. The topological polar surface area (TPSA) is 42.4 Å². The molecule has 4 rings (SSSR count). The van der Waals surface area contributed by atoms with Crippen LogP contribution in [-0.4, -0.2) is 30.1 Å². The zero-order chi connectivity index (χ0) is 19.0. The highest BCUT2D eigenvalue weighted by molar-refractivity contribution is 9.10. The summed E-state index contributed by atoms with van der Waals surface area (Å²) >= 11 is 11.2. The SMILES string of the molecule is Cc1c(Cl)ccc2sc(N(CC3CCCO3)C(=O)c3cccc(Br)c3)nc12. The first kappa shape index (κ1) is 18.9. The van der Waals surface area contributed by atoms with Crippen molar-refractivity contribution in [3.05, 3.63) is 57.0 Å². The Morgan fingerprint density at radius 1 is 1.41 bits per heavy atom. The number of carbonyl (C=O) groups excluding carboxylic acids is 1. The van der Waals surface area contributed by atoms with E-state index in [0.717, 1.165) is 39.7 Å². The molecular weight excluding hydrogens is 448 g/mol. The first-order chi connectivity index (χ1) is 13.0. The molecule has 1 atom stereocenters. The minimum absolute atomic E-state index is 0.0396. The average molecular weight is 466 g/mol. The number of fused-ring (bicyclic) bond motifs is 1. The van der Waals surface area contributed by atoms with Gasteiger partial charge in [0.2, 0.25) is 0 Å². The zero-order valence-corrected chi connectivity index (χ0v) is 17.9. The van der Waals surface area contributed by atoms with Crippen LogP contribution in [0.2, 0.25) is 5.02 Å². The van der Waals surface area contributed by atoms with Gasteiger partial charge in [-0.15, -0.1) is 0 Å². The number of carbonyl (C=O) groups is 1. The van der Waals surface area contributed by atoms with E-state index in [2.05, 4.69) is 15.9 Å². The quantitative estimate of drug-likeness (QED) is 0.485. The number of hydrogen-bond donors (Lipinski definition) is 0. The summed E-state index contributed by atoms with van der Waals surface area (Å²) in [4.78, 5) is 19.8. The molecule has 1 aliphatic heterocycles. The molecular formula is C20H18BrClN2O2S. The van der Waals surface area contributed by atoms with E-state index in [1.165, 1.54) is 11.3 Å². The Morgan fingerprint density at radius 3 is 3.00 bits per heavy atom. The van der Waals surface area contributed by atoms with E-state index in [-0.39, 0.29) is 12.0 Å². The largest absolute Gasteiger partial charge is 0.376 e. The van der Waals surface area contributed by atoms with Crippen molar-refractivity contribution < 1.29 is 9.53 Å². The van der Waals surface area contributed by atoms with Crippen LogP contribution < -0.4 is 4.90 Å². The molecule has 0 aliphatic carbocycles. The van der Waals surface area contributed by atoms with Crippen molar-refractivity contribution in [1.82, 2.24) is 4.98 Å². The van der Waals surface area contributed by atoms with E-state index in [4.69, 9.17) is 21.3 Å². The lowest BCUT2D eigenvalue weighted by molar-refractivity contribution is 0.0917. The molecule has 1 amide bonds. The number of aryl methyl sites for hydroxylation is 1. The van der Waals surface area contributed by atoms with Gasteiger partial charge in [0.1, 0.15) is 0 Å². The van der Waals surface area contributed by atoms with Gasteiger partial charge in [-0.2, -0.15) is 0 Å². The summed E-state index contributed by atoms with van der Waals surface area (Å²) in [6.45, 7) is 3.20. The molecule has 1 aliphatic rings. The standard InChI is InChI=1S/C20H18BrClN2O2S/c1-12-16(22)7-8-17-18(12)23-20(27-17)24(11-15-6-3-9-26-15)19(25)13-4-2-5-14(21)10-13/h2,4-5,7-8,10,15H,3,6,9,11H2,1H3. The summed E-state index contributed by atoms with van der Waals surface area (Å²) in [6, 6.07) is 11.3. The third-order valence-corrected chi connectivity index (χ3v) is 6.64. The predicted octanol–water partition coefficient (Wildman–Crippen LogP) is 5.85. The monoisotopic (exact) mass is 464 g/mol. The van der Waals surface area contributed by atoms with Gasteiger partial charge in [0.15, 0.2) is 5.13 Å². The van der Waals surface area contributed by atoms with Gasteiger partial charge in [-0.25, -0.2) is 4.98 Å². The summed E-state index contributed by atoms with van der Waals surface area (Å²) in [7, 11) is 0. The van der Waals surface area contributed by atoms with Crippen LogP contribution in [0.4, 0.5) is 5.13 Å². The number of anilines is 1. The minimum atomic E-state index is -0.0744. The van der Waals surface area contributed by atoms with Gasteiger partial charge in [-0.1, -0.05) is 44.9 Å². The number of halogens is 2. The second kappa shape index (κ2) is 7.87. The highest BCUT2D eigenvalue weighted by Crippen LogP contribution is 2.34. The molecule has 1 aromatic heterocycles. The Labute approximate surface area is 175 Å². The lowest BCUT2D eigenvalue weighted by atomic mass is 10.2. The molecule has 7 heteroatoms. The molecule has 27 heavy (non-hydrogen) atoms. The summed E-state index contributed by atoms with van der Waals surface area (Å²) in [6.07, 6.45) is 2.02. The average Bonchev–Trinajstić information content (AvgIpc) is 3.32. The molecule has 2 heterocycles. The Balaban J connectivity index is 1.75. The Bertz CT molecular complexity index is 1000. The van der Waals surface area contributed by atoms with Crippen LogP contribution in [0.3, 0.4) is 0 Å². The second-order valence-electron chi connectivity index (χ2n) is 6.58. The van der Waals surface area contributed by atoms with Gasteiger partial charge >= 0.3 is 0 Å². The van der Waals surface area contributed by atoms with E-state index >= 15 is 0 Å². The Hall–Kier alpha value is -1.47. The number of aromatic nitrogens is 1. The highest BCUT2D eigenvalue weighted by atomic mass is 79.9. The fourth-order valence-corrected chi connectivity index (χ4v) is 4.81. The summed E-state index contributed by atoms with van der Waals surface area (Å²) < 4.78 is 7.68. The molecule has 0 bridgehead atoms. The van der Waals surface area contributed by atoms with Gasteiger partial charge in [-0.3, -0.25) is 9.69 Å². The lowest BCUT2D eigenvalue weighted by Crippen LogP contribution is -2.37. The fourth-order valence-electron chi connectivity index (χ4n) is 3.22. The molecule has 4 nitrogen and oxygen atoms in total. The highest BCUT2D eigenvalue weighted by Gasteiger charge is 2.27. The first-order valence-electron chi connectivity index (χ1n) is 8.77. The summed E-state index contributed by atoms with van der Waals surface area (Å²) in [5.74, 6) is -0.0744. The zero-order valence-electron chi connectivity index (χ0n) is 14.7. The van der Waals surface area contributed by atoms with Crippen molar-refractivity contribution in [2.24, 2.45) is 0 Å². The number of amides is 1. The molecule has 0 radical (unpaired) electrons. The summed E-state index contributed by atoms with van der Waals surface area (Å²) in [5.41, 5.74) is 2.40. The molecule has 3 aromatic rings. The van der Waals surface area contributed by atoms with Gasteiger partial charge < -0.3 is 4.74 Å². The van der Waals surface area contributed by atoms with Crippen LogP contribution in [-0.2, 0) is 4.74 Å². The van der Waals surface area contributed by atoms with Crippen LogP contribution >= 0.6 is 38.9 Å². The van der Waals surface area contributed by atoms with Gasteiger partial charge in [0.25, 0.3) is 5.91 Å². The van der Waals surface area contributed by atoms with Crippen molar-refractivity contribution in [2.45, 2.75) is 25.9 Å². The number of hydrogen-bond acceptors (Lipinski definition) is 4. The lowest BCUT2D eigenvalue weighted by Gasteiger charge is -2.23. The van der Waals surface area contributed by atoms with Crippen molar-refractivity contribution >= 4 is 60.1 Å². The van der Waals surface area contributed by atoms with Crippen LogP contribution in [0.5, 0.6) is 0 Å². The van der Waals surface area contributed by atoms with Crippen LogP contribution in [0, 0.1) is 6.92 Å². The maximum Gasteiger partial charge on any atom is 0.260 e. The van der Waals surface area contributed by atoms with Gasteiger partial charge in [-0.05, 0) is 55.7 Å². The number of nitrogens with zero attached hydrogens (tertiary/aromatic N) is 2. The maximum atomic E-state index is 13.3. The number of ether oxygens (including phenoxy) is 1. The number of benzene rings is 2. The Kier molecular flexibility index (Phi) is 5.50. The second-order valence-corrected chi connectivity index (χ2v) is 8.91. The molecule has 0 saturated carbocycles. The number of rotatable bonds is 4. The molecule has 2 aromatic carbocycles. The van der Waals surface area contributed by atoms with E-state index in [1.54, 1.807) is 4.90 Å². The van der Waals surface area contributed by atoms with Crippen molar-refractivity contribution in [1.29, 1.82) is 0 Å². The van der Waals surface area contributed by atoms with Crippen LogP contribution in [0.25, 0.3) is 10.2 Å². The summed E-state index contributed by atoms with van der Waals surface area (Å²) in [5, 5.41) is 1.36. The fraction of sp³-hybridized carbons (Fsp3) is 0.300. The third-order valence-electron chi connectivity index (χ3n) is 4.69. The van der Waals surface area contributed by atoms with E-state index in [9.17, 15) is 4.79 Å². The minimum Gasteiger partial charge on any atom is -0.376 e. The molecule has 1 fully saturated rings. The van der Waals surface area contributed by atoms with Crippen LogP contribution in [0.1, 0.15) is 28.8 Å². The first-order valence-corrected chi connectivity index (χ1v) is 10.8. The van der Waals surface area contributed by atoms with Gasteiger partial charge in [0.05, 0.1) is 22.9 Å². The smallest absolute Gasteiger partial charge is 0.260 e. The van der Waals surface area contributed by atoms with E-state index < -0.39 is 0 Å². The predicted molar refractivity (Wildman–Crippen MR) is 114 cm³/mol. The molecule has 1 saturated heterocycles. The molecule has 0 spiro atoms. The molecule has 140 valence electrons. The van der Waals surface area contributed by atoms with Crippen LogP contribution in [0.15, 0.2) is 40.9 Å². The van der Waals surface area contributed by atoms with E-state index in [1.807, 2.05) is 43.3 Å². The molecule has 1 unspecified atom stereocenters. The van der Waals surface area contributed by atoms with Crippen molar-refractivity contribution in [3.63, 3.8) is 0 Å². The van der Waals surface area contributed by atoms with Crippen molar-refractivity contribution in [2.75, 3.05) is 18.1 Å². The van der Waals surface area contributed by atoms with Gasteiger partial charge in [0, 0.05) is 21.7 Å². The maximum absolute atomic E-state index is 13.3. The van der Waals surface area contributed by atoms with Crippen molar-refractivity contribution in [3.8, 4) is 0 Å². The Morgan fingerprint density at radius 2 is 2.26 bits per heavy atom. The number of thiazole rings is 1. The third kappa shape index (κ3) is 3.90. The normalized spacial score (nSPS) is 16.8. The van der Waals surface area contributed by atoms with E-state index in [0.29, 0.717) is 22.3 Å².